The Labute approximate surface area is 134 Å². The molecule has 4 atom stereocenters. The molecule has 1 heterocycles. The van der Waals surface area contributed by atoms with Crippen molar-refractivity contribution in [2.75, 3.05) is 33.2 Å². The Kier molecular flexibility index (Phi) is 5.19. The van der Waals surface area contributed by atoms with Crippen molar-refractivity contribution < 1.29 is 4.79 Å². The molecule has 1 saturated heterocycles. The predicted molar refractivity (Wildman–Crippen MR) is 89.4 cm³/mol. The Morgan fingerprint density at radius 3 is 2.50 bits per heavy atom. The van der Waals surface area contributed by atoms with E-state index in [0.29, 0.717) is 11.8 Å². The van der Waals surface area contributed by atoms with Crippen molar-refractivity contribution in [3.05, 3.63) is 12.2 Å². The molecule has 4 heteroatoms. The largest absolute Gasteiger partial charge is 0.345 e. The monoisotopic (exact) mass is 305 g/mol. The van der Waals surface area contributed by atoms with Crippen LogP contribution in [0.4, 0.5) is 0 Å². The van der Waals surface area contributed by atoms with Crippen LogP contribution in [0.5, 0.6) is 0 Å². The summed E-state index contributed by atoms with van der Waals surface area (Å²) < 4.78 is 0. The highest BCUT2D eigenvalue weighted by Gasteiger charge is 2.46. The quantitative estimate of drug-likeness (QED) is 0.789. The number of carbonyl (C=O) groups is 1. The van der Waals surface area contributed by atoms with E-state index in [-0.39, 0.29) is 17.9 Å². The molecule has 3 rings (SSSR count). The number of hydrogen-bond donors (Lipinski definition) is 1. The molecule has 22 heavy (non-hydrogen) atoms. The SMILES string of the molecule is CN(CCCN1CCCCCC1)C(=O)[C@H]1[C@@H](N)[C@H]2C=C[C@@H]1C2. The molecule has 124 valence electrons. The Morgan fingerprint density at radius 1 is 1.18 bits per heavy atom. The van der Waals surface area contributed by atoms with Gasteiger partial charge in [-0.2, -0.15) is 0 Å². The Hall–Kier alpha value is -0.870. The minimum absolute atomic E-state index is 0.0261. The second kappa shape index (κ2) is 7.14. The smallest absolute Gasteiger partial charge is 0.227 e. The van der Waals surface area contributed by atoms with Gasteiger partial charge in [0.05, 0.1) is 5.92 Å². The first-order valence-corrected chi connectivity index (χ1v) is 9.08. The average Bonchev–Trinajstić information content (AvgIpc) is 2.99. The van der Waals surface area contributed by atoms with Gasteiger partial charge in [0.2, 0.25) is 5.91 Å². The number of hydrogen-bond acceptors (Lipinski definition) is 3. The van der Waals surface area contributed by atoms with Gasteiger partial charge in [0.15, 0.2) is 0 Å². The standard InChI is InChI=1S/C18H31N3O/c1-20(9-6-12-21-10-4-2-3-5-11-21)18(22)16-14-7-8-15(13-14)17(16)19/h7-8,14-17H,2-6,9-13,19H2,1H3/t14-,15+,16-,17+/m1/s1. The van der Waals surface area contributed by atoms with Crippen LogP contribution in [-0.4, -0.2) is 55.0 Å². The normalized spacial score (nSPS) is 34.8. The van der Waals surface area contributed by atoms with Gasteiger partial charge in [-0.3, -0.25) is 4.79 Å². The molecule has 2 fully saturated rings. The minimum atomic E-state index is 0.0261. The number of nitrogens with two attached hydrogens (primary N) is 1. The van der Waals surface area contributed by atoms with Crippen molar-refractivity contribution in [3.63, 3.8) is 0 Å². The molecule has 1 amide bonds. The van der Waals surface area contributed by atoms with Crippen LogP contribution >= 0.6 is 0 Å². The molecule has 0 aromatic heterocycles. The number of rotatable bonds is 5. The fourth-order valence-electron chi connectivity index (χ4n) is 4.46. The van der Waals surface area contributed by atoms with Crippen molar-refractivity contribution >= 4 is 5.91 Å². The first kappa shape index (κ1) is 16.0. The molecule has 3 aliphatic rings. The first-order valence-electron chi connectivity index (χ1n) is 9.08. The molecule has 0 unspecified atom stereocenters. The van der Waals surface area contributed by atoms with E-state index in [1.54, 1.807) is 0 Å². The second-order valence-electron chi connectivity index (χ2n) is 7.42. The minimum Gasteiger partial charge on any atom is -0.345 e. The molecular formula is C18H31N3O. The number of likely N-dealkylation sites (tertiary alicyclic amines) is 1. The van der Waals surface area contributed by atoms with Gasteiger partial charge in [-0.25, -0.2) is 0 Å². The van der Waals surface area contributed by atoms with Gasteiger partial charge < -0.3 is 15.5 Å². The topological polar surface area (TPSA) is 49.6 Å². The summed E-state index contributed by atoms with van der Waals surface area (Å²) in [5.41, 5.74) is 6.26. The molecule has 1 aliphatic heterocycles. The Morgan fingerprint density at radius 2 is 1.86 bits per heavy atom. The van der Waals surface area contributed by atoms with Crippen LogP contribution in [0.2, 0.25) is 0 Å². The predicted octanol–water partition coefficient (Wildman–Crippen LogP) is 1.86. The van der Waals surface area contributed by atoms with E-state index in [9.17, 15) is 4.79 Å². The van der Waals surface area contributed by atoms with Crippen molar-refractivity contribution in [3.8, 4) is 0 Å². The molecule has 2 aliphatic carbocycles. The zero-order chi connectivity index (χ0) is 15.5. The third kappa shape index (κ3) is 3.38. The van der Waals surface area contributed by atoms with Gasteiger partial charge in [-0.05, 0) is 57.2 Å². The number of fused-ring (bicyclic) bond motifs is 2. The summed E-state index contributed by atoms with van der Waals surface area (Å²) >= 11 is 0. The second-order valence-corrected chi connectivity index (χ2v) is 7.42. The summed E-state index contributed by atoms with van der Waals surface area (Å²) in [6.45, 7) is 4.46. The maximum atomic E-state index is 12.7. The molecule has 2 N–H and O–H groups in total. The van der Waals surface area contributed by atoms with Gasteiger partial charge >= 0.3 is 0 Å². The maximum absolute atomic E-state index is 12.7. The number of carbonyl (C=O) groups excluding carboxylic acids is 1. The lowest BCUT2D eigenvalue weighted by Crippen LogP contribution is -2.45. The summed E-state index contributed by atoms with van der Waals surface area (Å²) in [7, 11) is 1.95. The van der Waals surface area contributed by atoms with Gasteiger partial charge in [-0.15, -0.1) is 0 Å². The van der Waals surface area contributed by atoms with Crippen LogP contribution in [-0.2, 0) is 4.79 Å². The van der Waals surface area contributed by atoms with Gasteiger partial charge in [-0.1, -0.05) is 25.0 Å². The lowest BCUT2D eigenvalue weighted by molar-refractivity contribution is -0.135. The van der Waals surface area contributed by atoms with Gasteiger partial charge in [0.25, 0.3) is 0 Å². The van der Waals surface area contributed by atoms with E-state index < -0.39 is 0 Å². The van der Waals surface area contributed by atoms with E-state index in [4.69, 9.17) is 5.73 Å². The van der Waals surface area contributed by atoms with E-state index in [2.05, 4.69) is 17.1 Å². The molecule has 0 spiro atoms. The fraction of sp³-hybridized carbons (Fsp3) is 0.833. The van der Waals surface area contributed by atoms with Crippen LogP contribution in [0.3, 0.4) is 0 Å². The molecule has 1 saturated carbocycles. The van der Waals surface area contributed by atoms with Crippen LogP contribution < -0.4 is 5.73 Å². The summed E-state index contributed by atoms with van der Waals surface area (Å²) in [4.78, 5) is 17.2. The van der Waals surface area contributed by atoms with Crippen molar-refractivity contribution in [1.82, 2.24) is 9.80 Å². The molecule has 4 nitrogen and oxygen atoms in total. The highest BCUT2D eigenvalue weighted by molar-refractivity contribution is 5.80. The molecule has 0 aromatic rings. The highest BCUT2D eigenvalue weighted by atomic mass is 16.2. The molecular weight excluding hydrogens is 274 g/mol. The highest BCUT2D eigenvalue weighted by Crippen LogP contribution is 2.43. The summed E-state index contributed by atoms with van der Waals surface area (Å²) in [5, 5.41) is 0. The van der Waals surface area contributed by atoms with Gasteiger partial charge in [0, 0.05) is 19.6 Å². The zero-order valence-corrected chi connectivity index (χ0v) is 13.9. The number of amides is 1. The van der Waals surface area contributed by atoms with Crippen LogP contribution in [0, 0.1) is 17.8 Å². The lowest BCUT2D eigenvalue weighted by Gasteiger charge is -2.29. The average molecular weight is 305 g/mol. The van der Waals surface area contributed by atoms with E-state index in [1.807, 2.05) is 11.9 Å². The van der Waals surface area contributed by atoms with Crippen LogP contribution in [0.25, 0.3) is 0 Å². The third-order valence-corrected chi connectivity index (χ3v) is 5.85. The maximum Gasteiger partial charge on any atom is 0.227 e. The van der Waals surface area contributed by atoms with Crippen molar-refractivity contribution in [2.45, 2.75) is 44.6 Å². The van der Waals surface area contributed by atoms with E-state index in [0.717, 1.165) is 25.9 Å². The Bertz CT molecular complexity index is 415. The molecule has 0 radical (unpaired) electrons. The summed E-state index contributed by atoms with van der Waals surface area (Å²) in [6.07, 6.45) is 12.0. The van der Waals surface area contributed by atoms with Gasteiger partial charge in [0.1, 0.15) is 0 Å². The van der Waals surface area contributed by atoms with E-state index in [1.165, 1.54) is 38.8 Å². The van der Waals surface area contributed by atoms with Crippen LogP contribution in [0.15, 0.2) is 12.2 Å². The lowest BCUT2D eigenvalue weighted by atomic mass is 9.88. The fourth-order valence-corrected chi connectivity index (χ4v) is 4.46. The molecule has 2 bridgehead atoms. The summed E-state index contributed by atoms with van der Waals surface area (Å²) in [5.74, 6) is 1.11. The molecule has 0 aromatic carbocycles. The number of nitrogens with zero attached hydrogens (tertiary/aromatic N) is 2. The van der Waals surface area contributed by atoms with Crippen molar-refractivity contribution in [1.29, 1.82) is 0 Å². The summed E-state index contributed by atoms with van der Waals surface area (Å²) in [6, 6.07) is 0.0376. The van der Waals surface area contributed by atoms with E-state index >= 15 is 0 Å². The third-order valence-electron chi connectivity index (χ3n) is 5.85. The first-order chi connectivity index (χ1) is 10.7. The number of allylic oxidation sites excluding steroid dienone is 1. The Balaban J connectivity index is 1.42. The zero-order valence-electron chi connectivity index (χ0n) is 13.9. The van der Waals surface area contributed by atoms with Crippen LogP contribution in [0.1, 0.15) is 38.5 Å². The van der Waals surface area contributed by atoms with Crippen molar-refractivity contribution in [2.24, 2.45) is 23.5 Å².